The summed E-state index contributed by atoms with van der Waals surface area (Å²) < 4.78 is 33.4. The second-order valence-electron chi connectivity index (χ2n) is 4.06. The maximum atomic E-state index is 11.8. The third-order valence-electron chi connectivity index (χ3n) is 1.47. The maximum absolute atomic E-state index is 11.8. The summed E-state index contributed by atoms with van der Waals surface area (Å²) in [5, 5.41) is 0. The first-order valence-electron chi connectivity index (χ1n) is 4.61. The number of benzene rings is 1. The molecule has 0 saturated heterocycles. The molecule has 1 aromatic carbocycles. The van der Waals surface area contributed by atoms with Crippen molar-refractivity contribution in [2.24, 2.45) is 0 Å². The van der Waals surface area contributed by atoms with Gasteiger partial charge in [-0.3, -0.25) is 0 Å². The van der Waals surface area contributed by atoms with Crippen LogP contribution in [0.5, 0.6) is 11.5 Å². The third-order valence-corrected chi connectivity index (χ3v) is 1.47. The molecule has 1 rings (SSSR count). The lowest BCUT2D eigenvalue weighted by atomic mass is 10.2. The van der Waals surface area contributed by atoms with Gasteiger partial charge in [-0.25, -0.2) is 0 Å². The van der Waals surface area contributed by atoms with Gasteiger partial charge in [0, 0.05) is 0 Å². The predicted octanol–water partition coefficient (Wildman–Crippen LogP) is 3.47. The Morgan fingerprint density at radius 3 is 1.87 bits per heavy atom. The Morgan fingerprint density at radius 1 is 1.00 bits per heavy atom. The molecule has 0 amide bonds. The van der Waals surface area contributed by atoms with E-state index in [4.69, 9.17) is 4.74 Å². The van der Waals surface area contributed by atoms with Gasteiger partial charge in [0.15, 0.2) is 0 Å². The molecule has 0 aliphatic heterocycles. The highest BCUT2D eigenvalue weighted by molar-refractivity contribution is 5.31. The van der Waals surface area contributed by atoms with Crippen LogP contribution in [0.25, 0.3) is 0 Å². The lowest BCUT2D eigenvalue weighted by molar-refractivity contribution is -0.0499. The van der Waals surface area contributed by atoms with Crippen LogP contribution in [0.1, 0.15) is 20.8 Å². The van der Waals surface area contributed by atoms with Gasteiger partial charge < -0.3 is 9.47 Å². The van der Waals surface area contributed by atoms with Crippen molar-refractivity contribution in [3.8, 4) is 11.5 Å². The number of rotatable bonds is 3. The molecular formula is C11H14F2O2. The predicted molar refractivity (Wildman–Crippen MR) is 53.5 cm³/mol. The zero-order valence-corrected chi connectivity index (χ0v) is 8.96. The molecule has 0 aliphatic carbocycles. The van der Waals surface area contributed by atoms with E-state index >= 15 is 0 Å². The Bertz CT molecular complexity index is 301. The van der Waals surface area contributed by atoms with Crippen LogP contribution >= 0.6 is 0 Å². The van der Waals surface area contributed by atoms with Gasteiger partial charge in [0.1, 0.15) is 17.1 Å². The Kier molecular flexibility index (Phi) is 3.50. The van der Waals surface area contributed by atoms with Gasteiger partial charge in [0.05, 0.1) is 0 Å². The third kappa shape index (κ3) is 4.63. The summed E-state index contributed by atoms with van der Waals surface area (Å²) >= 11 is 0. The van der Waals surface area contributed by atoms with E-state index in [0.29, 0.717) is 5.75 Å². The summed E-state index contributed by atoms with van der Waals surface area (Å²) in [7, 11) is 0. The minimum Gasteiger partial charge on any atom is -0.488 e. The zero-order chi connectivity index (χ0) is 11.5. The minimum atomic E-state index is -2.79. The molecule has 0 unspecified atom stereocenters. The Balaban J connectivity index is 2.64. The van der Waals surface area contributed by atoms with Gasteiger partial charge in [-0.2, -0.15) is 8.78 Å². The van der Waals surface area contributed by atoms with Gasteiger partial charge in [-0.15, -0.1) is 0 Å². The topological polar surface area (TPSA) is 18.5 Å². The smallest absolute Gasteiger partial charge is 0.387 e. The van der Waals surface area contributed by atoms with Gasteiger partial charge in [0.25, 0.3) is 0 Å². The number of ether oxygens (including phenoxy) is 2. The van der Waals surface area contributed by atoms with E-state index in [9.17, 15) is 8.78 Å². The van der Waals surface area contributed by atoms with Gasteiger partial charge >= 0.3 is 6.61 Å². The van der Waals surface area contributed by atoms with Crippen LogP contribution in [0.2, 0.25) is 0 Å². The maximum Gasteiger partial charge on any atom is 0.387 e. The van der Waals surface area contributed by atoms with Crippen LogP contribution in [-0.2, 0) is 0 Å². The summed E-state index contributed by atoms with van der Waals surface area (Å²) in [6.45, 7) is 2.95. The van der Waals surface area contributed by atoms with E-state index in [-0.39, 0.29) is 11.4 Å². The molecule has 0 radical (unpaired) electrons. The fraction of sp³-hybridized carbons (Fsp3) is 0.455. The summed E-state index contributed by atoms with van der Waals surface area (Å²) in [4.78, 5) is 0. The summed E-state index contributed by atoms with van der Waals surface area (Å²) in [6, 6.07) is 6.10. The van der Waals surface area contributed by atoms with Crippen molar-refractivity contribution in [1.82, 2.24) is 0 Å². The average molecular weight is 216 g/mol. The van der Waals surface area contributed by atoms with Crippen molar-refractivity contribution in [2.45, 2.75) is 33.0 Å². The summed E-state index contributed by atoms with van der Waals surface area (Å²) in [5.41, 5.74) is -0.301. The molecule has 0 fully saturated rings. The first kappa shape index (κ1) is 11.8. The second kappa shape index (κ2) is 4.47. The highest BCUT2D eigenvalue weighted by Crippen LogP contribution is 2.22. The summed E-state index contributed by atoms with van der Waals surface area (Å²) in [6.07, 6.45) is 0. The standard InChI is InChI=1S/C11H14F2O2/c1-11(2,3)15-9-6-4-8(5-7-9)14-10(12)13/h4-7,10H,1-3H3. The van der Waals surface area contributed by atoms with Crippen molar-refractivity contribution in [3.05, 3.63) is 24.3 Å². The monoisotopic (exact) mass is 216 g/mol. The van der Waals surface area contributed by atoms with Crippen LogP contribution in [0.4, 0.5) is 8.78 Å². The fourth-order valence-electron chi connectivity index (χ4n) is 1.04. The number of halogens is 2. The number of hydrogen-bond acceptors (Lipinski definition) is 2. The van der Waals surface area contributed by atoms with Crippen LogP contribution in [0.3, 0.4) is 0 Å². The molecule has 0 spiro atoms. The van der Waals surface area contributed by atoms with E-state index in [2.05, 4.69) is 4.74 Å². The largest absolute Gasteiger partial charge is 0.488 e. The fourth-order valence-corrected chi connectivity index (χ4v) is 1.04. The van der Waals surface area contributed by atoms with E-state index in [1.807, 2.05) is 20.8 Å². The van der Waals surface area contributed by atoms with Gasteiger partial charge in [-0.1, -0.05) is 0 Å². The number of hydrogen-bond donors (Lipinski definition) is 0. The molecule has 2 nitrogen and oxygen atoms in total. The van der Waals surface area contributed by atoms with Gasteiger partial charge in [0.2, 0.25) is 0 Å². The van der Waals surface area contributed by atoms with Crippen LogP contribution < -0.4 is 9.47 Å². The van der Waals surface area contributed by atoms with Crippen molar-refractivity contribution in [2.75, 3.05) is 0 Å². The lowest BCUT2D eigenvalue weighted by Gasteiger charge is -2.21. The molecule has 0 bridgehead atoms. The quantitative estimate of drug-likeness (QED) is 0.770. The SMILES string of the molecule is CC(C)(C)Oc1ccc(OC(F)F)cc1. The molecule has 4 heteroatoms. The Labute approximate surface area is 87.8 Å². The van der Waals surface area contributed by atoms with Crippen molar-refractivity contribution in [1.29, 1.82) is 0 Å². The lowest BCUT2D eigenvalue weighted by Crippen LogP contribution is -2.22. The van der Waals surface area contributed by atoms with E-state index < -0.39 is 6.61 Å². The van der Waals surface area contributed by atoms with E-state index in [1.54, 1.807) is 12.1 Å². The van der Waals surface area contributed by atoms with Crippen LogP contribution in [0, 0.1) is 0 Å². The van der Waals surface area contributed by atoms with Crippen molar-refractivity contribution in [3.63, 3.8) is 0 Å². The zero-order valence-electron chi connectivity index (χ0n) is 8.96. The molecule has 15 heavy (non-hydrogen) atoms. The molecule has 0 heterocycles. The molecule has 0 atom stereocenters. The summed E-state index contributed by atoms with van der Waals surface area (Å²) in [5.74, 6) is 0.760. The highest BCUT2D eigenvalue weighted by atomic mass is 19.3. The molecule has 84 valence electrons. The van der Waals surface area contributed by atoms with E-state index in [0.717, 1.165) is 0 Å². The van der Waals surface area contributed by atoms with Gasteiger partial charge in [-0.05, 0) is 45.0 Å². The molecule has 0 aliphatic rings. The molecule has 0 N–H and O–H groups in total. The van der Waals surface area contributed by atoms with Crippen LogP contribution in [0.15, 0.2) is 24.3 Å². The van der Waals surface area contributed by atoms with Crippen molar-refractivity contribution >= 4 is 0 Å². The minimum absolute atomic E-state index is 0.131. The molecule has 0 aromatic heterocycles. The Morgan fingerprint density at radius 2 is 1.47 bits per heavy atom. The Hall–Kier alpha value is -1.32. The normalized spacial score (nSPS) is 11.6. The second-order valence-corrected chi connectivity index (χ2v) is 4.06. The average Bonchev–Trinajstić information content (AvgIpc) is 2.05. The number of alkyl halides is 2. The highest BCUT2D eigenvalue weighted by Gasteiger charge is 2.11. The first-order valence-corrected chi connectivity index (χ1v) is 4.61. The van der Waals surface area contributed by atoms with Crippen LogP contribution in [-0.4, -0.2) is 12.2 Å². The van der Waals surface area contributed by atoms with E-state index in [1.165, 1.54) is 12.1 Å². The van der Waals surface area contributed by atoms with Crippen molar-refractivity contribution < 1.29 is 18.3 Å². The molecular weight excluding hydrogens is 202 g/mol. The molecule has 0 saturated carbocycles. The first-order chi connectivity index (χ1) is 6.87. The molecule has 1 aromatic rings.